The minimum Gasteiger partial charge on any atom is -0.447 e. The van der Waals surface area contributed by atoms with Gasteiger partial charge in [-0.05, 0) is 53.2 Å². The molecule has 6 nitrogen and oxygen atoms in total. The van der Waals surface area contributed by atoms with Gasteiger partial charge in [0.05, 0.1) is 6.54 Å². The summed E-state index contributed by atoms with van der Waals surface area (Å²) in [6.07, 6.45) is 1.02. The van der Waals surface area contributed by atoms with Gasteiger partial charge in [0.15, 0.2) is 0 Å². The molecule has 0 saturated heterocycles. The molecule has 19 heavy (non-hydrogen) atoms. The van der Waals surface area contributed by atoms with Crippen molar-refractivity contribution in [1.29, 1.82) is 0 Å². The van der Waals surface area contributed by atoms with Gasteiger partial charge in [0.2, 0.25) is 5.09 Å². The van der Waals surface area contributed by atoms with Crippen molar-refractivity contribution in [3.63, 3.8) is 0 Å². The monoisotopic (exact) mass is 289 g/mol. The molecule has 1 aromatic heterocycles. The highest BCUT2D eigenvalue weighted by Crippen LogP contribution is 2.13. The maximum atomic E-state index is 11.5. The van der Waals surface area contributed by atoms with Crippen LogP contribution in [0.25, 0.3) is 0 Å². The molecule has 1 rings (SSSR count). The first-order valence-corrected chi connectivity index (χ1v) is 7.74. The van der Waals surface area contributed by atoms with Gasteiger partial charge in [0.1, 0.15) is 5.76 Å². The van der Waals surface area contributed by atoms with Gasteiger partial charge in [-0.3, -0.25) is 0 Å². The van der Waals surface area contributed by atoms with Gasteiger partial charge in [-0.2, -0.15) is 0 Å². The topological polar surface area (TPSA) is 74.6 Å². The number of hydrogen-bond donors (Lipinski definition) is 2. The van der Waals surface area contributed by atoms with Crippen LogP contribution in [0.15, 0.2) is 21.6 Å². The lowest BCUT2D eigenvalue weighted by molar-refractivity contribution is 0.350. The van der Waals surface area contributed by atoms with Crippen molar-refractivity contribution in [2.24, 2.45) is 0 Å². The van der Waals surface area contributed by atoms with E-state index in [2.05, 4.69) is 21.9 Å². The summed E-state index contributed by atoms with van der Waals surface area (Å²) in [5.74, 6) is 0.616. The van der Waals surface area contributed by atoms with Crippen LogP contribution in [0.4, 0.5) is 0 Å². The van der Waals surface area contributed by atoms with E-state index in [1.807, 2.05) is 14.1 Å². The average Bonchev–Trinajstić information content (AvgIpc) is 2.83. The van der Waals surface area contributed by atoms with Crippen molar-refractivity contribution in [3.05, 3.63) is 17.9 Å². The van der Waals surface area contributed by atoms with E-state index in [4.69, 9.17) is 4.42 Å². The molecule has 7 heteroatoms. The lowest BCUT2D eigenvalue weighted by atomic mass is 10.2. The third-order valence-corrected chi connectivity index (χ3v) is 4.09. The molecule has 0 aliphatic heterocycles. The largest absolute Gasteiger partial charge is 0.447 e. The first-order chi connectivity index (χ1) is 8.85. The van der Waals surface area contributed by atoms with Crippen LogP contribution in [0, 0.1) is 0 Å². The molecule has 1 heterocycles. The minimum absolute atomic E-state index is 0.0484. The van der Waals surface area contributed by atoms with E-state index in [1.165, 1.54) is 13.1 Å². The second-order valence-corrected chi connectivity index (χ2v) is 6.62. The Morgan fingerprint density at radius 1 is 1.37 bits per heavy atom. The molecule has 110 valence electrons. The summed E-state index contributed by atoms with van der Waals surface area (Å²) in [6, 6.07) is 3.49. The van der Waals surface area contributed by atoms with E-state index < -0.39 is 10.0 Å². The Kier molecular flexibility index (Phi) is 5.99. The highest BCUT2D eigenvalue weighted by molar-refractivity contribution is 7.89. The molecule has 0 bridgehead atoms. The molecule has 0 aliphatic rings. The van der Waals surface area contributed by atoms with Crippen molar-refractivity contribution in [1.82, 2.24) is 14.9 Å². The third kappa shape index (κ3) is 5.32. The van der Waals surface area contributed by atoms with Crippen LogP contribution >= 0.6 is 0 Å². The number of nitrogens with zero attached hydrogens (tertiary/aromatic N) is 1. The summed E-state index contributed by atoms with van der Waals surface area (Å²) in [6.45, 7) is 3.62. The highest BCUT2D eigenvalue weighted by Gasteiger charge is 2.16. The molecule has 0 saturated carbocycles. The lowest BCUT2D eigenvalue weighted by Crippen LogP contribution is -2.29. The van der Waals surface area contributed by atoms with Crippen molar-refractivity contribution in [2.75, 3.05) is 27.7 Å². The molecule has 1 aromatic rings. The summed E-state index contributed by atoms with van der Waals surface area (Å²) in [4.78, 5) is 2.13. The van der Waals surface area contributed by atoms with Crippen molar-refractivity contribution in [3.8, 4) is 0 Å². The molecule has 0 amide bonds. The number of nitrogens with one attached hydrogen (secondary N) is 2. The maximum Gasteiger partial charge on any atom is 0.273 e. The molecule has 0 aromatic carbocycles. The zero-order chi connectivity index (χ0) is 14.5. The Balaban J connectivity index is 2.47. The normalized spacial score (nSPS) is 13.9. The average molecular weight is 289 g/mol. The summed E-state index contributed by atoms with van der Waals surface area (Å²) in [5.41, 5.74) is 0. The van der Waals surface area contributed by atoms with Gasteiger partial charge in [-0.1, -0.05) is 0 Å². The smallest absolute Gasteiger partial charge is 0.273 e. The maximum absolute atomic E-state index is 11.5. The standard InChI is InChI=1S/C12H23N3O3S/c1-10(7-8-15(3)4)14-9-11-5-6-12(18-11)19(16,17)13-2/h5-6,10,13-14H,7-9H2,1-4H3. The van der Waals surface area contributed by atoms with Crippen molar-refractivity contribution in [2.45, 2.75) is 31.0 Å². The van der Waals surface area contributed by atoms with Gasteiger partial charge in [-0.15, -0.1) is 0 Å². The first-order valence-electron chi connectivity index (χ1n) is 6.25. The summed E-state index contributed by atoms with van der Waals surface area (Å²) >= 11 is 0. The second kappa shape index (κ2) is 7.04. The lowest BCUT2D eigenvalue weighted by Gasteiger charge is -2.15. The predicted molar refractivity (Wildman–Crippen MR) is 74.4 cm³/mol. The Labute approximate surface area is 115 Å². The molecular formula is C12H23N3O3S. The Bertz CT molecular complexity index is 482. The van der Waals surface area contributed by atoms with Crippen LogP contribution < -0.4 is 10.0 Å². The second-order valence-electron chi connectivity index (χ2n) is 4.80. The molecule has 1 unspecified atom stereocenters. The SMILES string of the molecule is CNS(=O)(=O)c1ccc(CNC(C)CCN(C)C)o1. The molecule has 0 aliphatic carbocycles. The van der Waals surface area contributed by atoms with E-state index in [-0.39, 0.29) is 5.09 Å². The molecule has 2 N–H and O–H groups in total. The van der Waals surface area contributed by atoms with Crippen LogP contribution in [0.5, 0.6) is 0 Å². The highest BCUT2D eigenvalue weighted by atomic mass is 32.2. The van der Waals surface area contributed by atoms with Crippen LogP contribution in [-0.4, -0.2) is 47.0 Å². The van der Waals surface area contributed by atoms with Gasteiger partial charge in [0, 0.05) is 6.04 Å². The minimum atomic E-state index is -3.49. The van der Waals surface area contributed by atoms with Crippen LogP contribution in [-0.2, 0) is 16.6 Å². The van der Waals surface area contributed by atoms with Gasteiger partial charge < -0.3 is 14.6 Å². The fourth-order valence-corrected chi connectivity index (χ4v) is 2.19. The van der Waals surface area contributed by atoms with E-state index in [9.17, 15) is 8.42 Å². The van der Waals surface area contributed by atoms with Gasteiger partial charge in [-0.25, -0.2) is 13.1 Å². The van der Waals surface area contributed by atoms with Gasteiger partial charge >= 0.3 is 0 Å². The van der Waals surface area contributed by atoms with Crippen LogP contribution in [0.2, 0.25) is 0 Å². The van der Waals surface area contributed by atoms with Gasteiger partial charge in [0.25, 0.3) is 10.0 Å². The molecule has 0 radical (unpaired) electrons. The Hall–Kier alpha value is -0.890. The molecule has 0 spiro atoms. The number of hydrogen-bond acceptors (Lipinski definition) is 5. The molecule has 1 atom stereocenters. The fraction of sp³-hybridized carbons (Fsp3) is 0.667. The third-order valence-electron chi connectivity index (χ3n) is 2.80. The molecule has 0 fully saturated rings. The predicted octanol–water partition coefficient (Wildman–Crippen LogP) is 0.618. The number of furan rings is 1. The zero-order valence-corrected chi connectivity index (χ0v) is 12.8. The fourth-order valence-electron chi connectivity index (χ4n) is 1.53. The van der Waals surface area contributed by atoms with E-state index in [1.54, 1.807) is 6.07 Å². The van der Waals surface area contributed by atoms with Crippen LogP contribution in [0.1, 0.15) is 19.1 Å². The quantitative estimate of drug-likeness (QED) is 0.734. The Morgan fingerprint density at radius 3 is 2.63 bits per heavy atom. The summed E-state index contributed by atoms with van der Waals surface area (Å²) < 4.78 is 30.5. The van der Waals surface area contributed by atoms with E-state index in [0.29, 0.717) is 18.3 Å². The summed E-state index contributed by atoms with van der Waals surface area (Å²) in [7, 11) is 1.94. The van der Waals surface area contributed by atoms with Crippen molar-refractivity contribution < 1.29 is 12.8 Å². The number of rotatable bonds is 8. The van der Waals surface area contributed by atoms with E-state index >= 15 is 0 Å². The summed E-state index contributed by atoms with van der Waals surface area (Å²) in [5, 5.41) is 3.25. The van der Waals surface area contributed by atoms with Crippen molar-refractivity contribution >= 4 is 10.0 Å². The van der Waals surface area contributed by atoms with Crippen LogP contribution in [0.3, 0.4) is 0 Å². The first kappa shape index (κ1) is 16.2. The zero-order valence-electron chi connectivity index (χ0n) is 11.9. The number of sulfonamides is 1. The molecular weight excluding hydrogens is 266 g/mol. The Morgan fingerprint density at radius 2 is 2.05 bits per heavy atom. The van der Waals surface area contributed by atoms with E-state index in [0.717, 1.165) is 13.0 Å².